The third-order valence-corrected chi connectivity index (χ3v) is 4.42. The number of alkyl halides is 3. The first kappa shape index (κ1) is 20.7. The fraction of sp³-hybridized carbons (Fsp3) is 0.211. The summed E-state index contributed by atoms with van der Waals surface area (Å²) in [7, 11) is 0. The first-order valence-corrected chi connectivity index (χ1v) is 8.91. The van der Waals surface area contributed by atoms with E-state index in [1.807, 2.05) is 18.2 Å². The van der Waals surface area contributed by atoms with E-state index in [4.69, 9.17) is 11.6 Å². The van der Waals surface area contributed by atoms with Crippen molar-refractivity contribution in [3.05, 3.63) is 87.6 Å². The maximum atomic E-state index is 13.0. The van der Waals surface area contributed by atoms with Crippen molar-refractivity contribution in [2.75, 3.05) is 0 Å². The van der Waals surface area contributed by atoms with Crippen LogP contribution in [-0.2, 0) is 24.1 Å². The second-order valence-electron chi connectivity index (χ2n) is 6.27. The summed E-state index contributed by atoms with van der Waals surface area (Å²) >= 11 is 5.63. The van der Waals surface area contributed by atoms with Gasteiger partial charge in [0.05, 0.1) is 18.2 Å². The quantitative estimate of drug-likeness (QED) is 0.660. The number of aromatic nitrogens is 3. The fourth-order valence-electron chi connectivity index (χ4n) is 2.78. The molecule has 152 valence electrons. The average molecular weight is 425 g/mol. The molecule has 1 atom stereocenters. The molecule has 1 N–H and O–H groups in total. The van der Waals surface area contributed by atoms with Crippen molar-refractivity contribution >= 4 is 17.5 Å². The van der Waals surface area contributed by atoms with Gasteiger partial charge in [0.2, 0.25) is 5.91 Å². The first-order valence-electron chi connectivity index (χ1n) is 8.53. The van der Waals surface area contributed by atoms with E-state index in [1.54, 1.807) is 35.3 Å². The van der Waals surface area contributed by atoms with Crippen LogP contribution >= 0.6 is 11.6 Å². The molecular formula is C19H16ClF3N4O2. The highest BCUT2D eigenvalue weighted by atomic mass is 35.5. The van der Waals surface area contributed by atoms with E-state index in [0.717, 1.165) is 5.56 Å². The van der Waals surface area contributed by atoms with E-state index in [9.17, 15) is 22.8 Å². The second-order valence-corrected chi connectivity index (χ2v) is 6.67. The topological polar surface area (TPSA) is 68.9 Å². The highest BCUT2D eigenvalue weighted by Crippen LogP contribution is 2.29. The van der Waals surface area contributed by atoms with E-state index in [0.29, 0.717) is 23.4 Å². The summed E-state index contributed by atoms with van der Waals surface area (Å²) in [6, 6.07) is 10.8. The van der Waals surface area contributed by atoms with Crippen LogP contribution in [0.5, 0.6) is 0 Å². The summed E-state index contributed by atoms with van der Waals surface area (Å²) in [4.78, 5) is 24.6. The summed E-state index contributed by atoms with van der Waals surface area (Å²) in [5, 5.41) is 6.24. The van der Waals surface area contributed by atoms with Crippen molar-refractivity contribution in [2.45, 2.75) is 25.3 Å². The number of nitrogens with zero attached hydrogens (tertiary/aromatic N) is 3. The maximum Gasteiger partial charge on any atom is 0.417 e. The molecule has 0 unspecified atom stereocenters. The van der Waals surface area contributed by atoms with Gasteiger partial charge in [0.15, 0.2) is 0 Å². The predicted octanol–water partition coefficient (Wildman–Crippen LogP) is 3.27. The average Bonchev–Trinajstić information content (AvgIpc) is 3.18. The molecule has 0 saturated heterocycles. The number of halogens is 4. The molecule has 0 radical (unpaired) electrons. The number of hydrogen-bond donors (Lipinski definition) is 1. The van der Waals surface area contributed by atoms with Crippen molar-refractivity contribution in [3.63, 3.8) is 0 Å². The Bertz CT molecular complexity index is 1030. The molecule has 29 heavy (non-hydrogen) atoms. The van der Waals surface area contributed by atoms with Gasteiger partial charge >= 0.3 is 6.18 Å². The normalized spacial score (nSPS) is 12.6. The van der Waals surface area contributed by atoms with Gasteiger partial charge in [-0.25, -0.2) is 0 Å². The van der Waals surface area contributed by atoms with E-state index in [1.165, 1.54) is 0 Å². The smallest absolute Gasteiger partial charge is 0.346 e. The molecule has 0 aliphatic rings. The van der Waals surface area contributed by atoms with E-state index >= 15 is 0 Å². The van der Waals surface area contributed by atoms with Crippen LogP contribution in [0.2, 0.25) is 5.02 Å². The molecule has 3 rings (SSSR count). The van der Waals surface area contributed by atoms with Gasteiger partial charge in [-0.15, -0.1) is 0 Å². The number of nitrogens with one attached hydrogen (secondary N) is 1. The Balaban J connectivity index is 1.82. The standard InChI is InChI=1S/C19H16ClF3N4O2/c20-15-9-14(19(21,22)23)10-26(18(15)29)12-17(28)25-16(11-27-8-4-7-24-27)13-5-2-1-3-6-13/h1-10,16H,11-12H2,(H,25,28)/t16-/m1/s1. The Hall–Kier alpha value is -3.07. The number of rotatable bonds is 6. The molecule has 6 nitrogen and oxygen atoms in total. The van der Waals surface area contributed by atoms with Crippen LogP contribution in [0.1, 0.15) is 17.2 Å². The van der Waals surface area contributed by atoms with E-state index in [2.05, 4.69) is 10.4 Å². The van der Waals surface area contributed by atoms with Gasteiger partial charge < -0.3 is 9.88 Å². The van der Waals surface area contributed by atoms with Gasteiger partial charge in [-0.2, -0.15) is 18.3 Å². The summed E-state index contributed by atoms with van der Waals surface area (Å²) < 4.78 is 41.2. The third-order valence-electron chi connectivity index (χ3n) is 4.15. The zero-order chi connectivity index (χ0) is 21.0. The largest absolute Gasteiger partial charge is 0.417 e. The lowest BCUT2D eigenvalue weighted by atomic mass is 10.1. The summed E-state index contributed by atoms with van der Waals surface area (Å²) in [5.74, 6) is -0.636. The maximum absolute atomic E-state index is 13.0. The molecule has 1 amide bonds. The number of carbonyl (C=O) groups excluding carboxylic acids is 1. The highest BCUT2D eigenvalue weighted by Gasteiger charge is 2.32. The zero-order valence-corrected chi connectivity index (χ0v) is 15.7. The fourth-order valence-corrected chi connectivity index (χ4v) is 3.01. The van der Waals surface area contributed by atoms with Gasteiger partial charge in [0.25, 0.3) is 5.56 Å². The Morgan fingerprint density at radius 1 is 1.21 bits per heavy atom. The molecule has 0 spiro atoms. The molecular weight excluding hydrogens is 409 g/mol. The summed E-state index contributed by atoms with van der Waals surface area (Å²) in [5.41, 5.74) is -1.20. The van der Waals surface area contributed by atoms with Crippen molar-refractivity contribution in [1.82, 2.24) is 19.7 Å². The number of hydrogen-bond acceptors (Lipinski definition) is 3. The third kappa shape index (κ3) is 5.26. The van der Waals surface area contributed by atoms with Crippen molar-refractivity contribution < 1.29 is 18.0 Å². The van der Waals surface area contributed by atoms with Crippen molar-refractivity contribution in [1.29, 1.82) is 0 Å². The lowest BCUT2D eigenvalue weighted by Crippen LogP contribution is -2.36. The molecule has 1 aromatic carbocycles. The van der Waals surface area contributed by atoms with E-state index < -0.39 is 40.8 Å². The van der Waals surface area contributed by atoms with Crippen LogP contribution in [0, 0.1) is 0 Å². The Labute approximate surface area is 168 Å². The molecule has 0 fully saturated rings. The minimum Gasteiger partial charge on any atom is -0.346 e. The molecule has 0 bridgehead atoms. The highest BCUT2D eigenvalue weighted by molar-refractivity contribution is 6.30. The van der Waals surface area contributed by atoms with Crippen molar-refractivity contribution in [2.24, 2.45) is 0 Å². The minimum atomic E-state index is -4.69. The first-order chi connectivity index (χ1) is 13.7. The van der Waals surface area contributed by atoms with E-state index in [-0.39, 0.29) is 0 Å². The van der Waals surface area contributed by atoms with Crippen LogP contribution in [0.15, 0.2) is 65.8 Å². The minimum absolute atomic E-state index is 0.307. The molecule has 0 aliphatic carbocycles. The number of pyridine rings is 1. The molecule has 3 aromatic rings. The molecule has 2 heterocycles. The van der Waals surface area contributed by atoms with Gasteiger partial charge in [0, 0.05) is 18.6 Å². The number of benzene rings is 1. The van der Waals surface area contributed by atoms with Gasteiger partial charge in [-0.05, 0) is 17.7 Å². The molecule has 10 heteroatoms. The summed E-state index contributed by atoms with van der Waals surface area (Å²) in [6.45, 7) is -0.300. The van der Waals surface area contributed by atoms with Crippen molar-refractivity contribution in [3.8, 4) is 0 Å². The Morgan fingerprint density at radius 3 is 2.55 bits per heavy atom. The van der Waals surface area contributed by atoms with Crippen LogP contribution in [0.25, 0.3) is 0 Å². The van der Waals surface area contributed by atoms with Crippen LogP contribution < -0.4 is 10.9 Å². The van der Waals surface area contributed by atoms with Crippen LogP contribution in [0.3, 0.4) is 0 Å². The second kappa shape index (κ2) is 8.52. The number of carbonyl (C=O) groups is 1. The Morgan fingerprint density at radius 2 is 1.93 bits per heavy atom. The predicted molar refractivity (Wildman–Crippen MR) is 100 cm³/mol. The molecule has 0 saturated carbocycles. The Kier molecular flexibility index (Phi) is 6.07. The van der Waals surface area contributed by atoms with Crippen LogP contribution in [-0.4, -0.2) is 20.3 Å². The zero-order valence-electron chi connectivity index (χ0n) is 14.9. The molecule has 2 aromatic heterocycles. The van der Waals surface area contributed by atoms with Gasteiger partial charge in [-0.1, -0.05) is 41.9 Å². The lowest BCUT2D eigenvalue weighted by Gasteiger charge is -2.20. The monoisotopic (exact) mass is 424 g/mol. The molecule has 0 aliphatic heterocycles. The number of amides is 1. The van der Waals surface area contributed by atoms with Gasteiger partial charge in [-0.3, -0.25) is 14.3 Å². The van der Waals surface area contributed by atoms with Crippen LogP contribution in [0.4, 0.5) is 13.2 Å². The summed E-state index contributed by atoms with van der Waals surface area (Å²) in [6.07, 6.45) is -0.797. The lowest BCUT2D eigenvalue weighted by molar-refractivity contribution is -0.138. The SMILES string of the molecule is O=C(Cn1cc(C(F)(F)F)cc(Cl)c1=O)N[C@H](Cn1cccn1)c1ccccc1. The van der Waals surface area contributed by atoms with Gasteiger partial charge in [0.1, 0.15) is 11.6 Å².